The molecule has 65 heavy (non-hydrogen) atoms. The Kier molecular flexibility index (Phi) is 29.8. The normalized spacial score (nSPS) is 11.0. The number of hydrogen-bond donors (Lipinski definition) is 3. The fourth-order valence-electron chi connectivity index (χ4n) is 5.63. The molecule has 0 bridgehead atoms. The van der Waals surface area contributed by atoms with Gasteiger partial charge in [0.25, 0.3) is 0 Å². The van der Waals surface area contributed by atoms with Gasteiger partial charge >= 0.3 is 6.18 Å². The molecular weight excluding hydrogens is 854 g/mol. The van der Waals surface area contributed by atoms with E-state index in [1.807, 2.05) is 49.3 Å². The third-order valence-electron chi connectivity index (χ3n) is 9.89. The number of hydrogen-bond acceptors (Lipinski definition) is 9. The Labute approximate surface area is 394 Å². The number of rotatable bonds is 27. The summed E-state index contributed by atoms with van der Waals surface area (Å²) in [7, 11) is 10.9. The van der Waals surface area contributed by atoms with Crippen molar-refractivity contribution in [1.82, 2.24) is 30.7 Å². The molecule has 0 aliphatic carbocycles. The lowest BCUT2D eigenvalue weighted by Crippen LogP contribution is -2.39. The van der Waals surface area contributed by atoms with Crippen LogP contribution in [0.15, 0.2) is 72.8 Å². The number of unbranched alkanes of at least 4 members (excludes halogenated alkanes) is 2. The van der Waals surface area contributed by atoms with Crippen molar-refractivity contribution >= 4 is 29.0 Å². The quantitative estimate of drug-likeness (QED) is 0.0511. The Morgan fingerprint density at radius 2 is 1.03 bits per heavy atom. The van der Waals surface area contributed by atoms with Crippen molar-refractivity contribution in [2.45, 2.75) is 90.7 Å². The van der Waals surface area contributed by atoms with Gasteiger partial charge < -0.3 is 44.9 Å². The third-order valence-corrected chi connectivity index (χ3v) is 10.4. The molecule has 0 atom stereocenters. The largest absolute Gasteiger partial charge is 0.494 e. The lowest BCUT2D eigenvalue weighted by Gasteiger charge is -2.26. The minimum atomic E-state index is -4.14. The number of benzene rings is 3. The number of nitrogens with one attached hydrogen (secondary N) is 3. The maximum atomic E-state index is 12.0. The van der Waals surface area contributed by atoms with E-state index >= 15 is 0 Å². The van der Waals surface area contributed by atoms with Crippen LogP contribution < -0.4 is 30.2 Å². The molecule has 3 aromatic carbocycles. The van der Waals surface area contributed by atoms with Crippen LogP contribution in [0.5, 0.6) is 17.2 Å². The summed E-state index contributed by atoms with van der Waals surface area (Å²) in [5.74, 6) is 2.55. The van der Waals surface area contributed by atoms with Gasteiger partial charge in [-0.3, -0.25) is 9.59 Å². The van der Waals surface area contributed by atoms with Gasteiger partial charge in [-0.15, -0.1) is 0 Å². The van der Waals surface area contributed by atoms with Gasteiger partial charge in [-0.1, -0.05) is 89.2 Å². The van der Waals surface area contributed by atoms with Crippen molar-refractivity contribution in [2.24, 2.45) is 0 Å². The molecule has 0 radical (unpaired) electrons. The predicted molar refractivity (Wildman–Crippen MR) is 264 cm³/mol. The summed E-state index contributed by atoms with van der Waals surface area (Å²) < 4.78 is 52.9. The standard InChI is InChI=1S/C18H30N2O2.C16H23F3N2O2.C16H26N2OS/c1-6-7-11-22-16-10-8-9-15(12-16)18(2,3)14-19-13-17(21)20(4)5;1-21(2)15(22)12-20-9-7-13-5-3-6-14(11-13)23-10-4-8-16(17,18)19;1-4-5-11-19-15-8-6-7-14(12-15)9-10-17-13-16(20)18(2)3/h8-10,12,19H,6-7,11,13-14H2,1-5H3;3,5-6,11,20H,4,7-10,12H2,1-2H3;6-8,12,17H,4-5,9-11,13H2,1-3H3. The van der Waals surface area contributed by atoms with E-state index in [4.69, 9.17) is 26.4 Å². The van der Waals surface area contributed by atoms with Crippen LogP contribution in [0.4, 0.5) is 13.2 Å². The van der Waals surface area contributed by atoms with Crippen LogP contribution in [0.3, 0.4) is 0 Å². The highest BCUT2D eigenvalue weighted by Crippen LogP contribution is 2.26. The Morgan fingerprint density at radius 1 is 0.600 bits per heavy atom. The van der Waals surface area contributed by atoms with Gasteiger partial charge in [-0.2, -0.15) is 13.2 Å². The van der Waals surface area contributed by atoms with Crippen LogP contribution in [0.2, 0.25) is 0 Å². The molecule has 0 aromatic heterocycles. The van der Waals surface area contributed by atoms with Gasteiger partial charge in [-0.05, 0) is 98.3 Å². The van der Waals surface area contributed by atoms with Gasteiger partial charge in [0.05, 0.1) is 37.9 Å². The van der Waals surface area contributed by atoms with Gasteiger partial charge in [0.15, 0.2) is 0 Å². The van der Waals surface area contributed by atoms with Crippen LogP contribution in [0.1, 0.15) is 82.9 Å². The van der Waals surface area contributed by atoms with E-state index in [0.717, 1.165) is 87.0 Å². The molecule has 3 N–H and O–H groups in total. The van der Waals surface area contributed by atoms with Gasteiger partial charge in [-0.25, -0.2) is 0 Å². The molecule has 366 valence electrons. The molecule has 0 saturated carbocycles. The highest BCUT2D eigenvalue weighted by atomic mass is 32.1. The van der Waals surface area contributed by atoms with Crippen LogP contribution in [0.25, 0.3) is 0 Å². The predicted octanol–water partition coefficient (Wildman–Crippen LogP) is 8.34. The Bertz CT molecular complexity index is 1780. The second-order valence-corrected chi connectivity index (χ2v) is 17.5. The summed E-state index contributed by atoms with van der Waals surface area (Å²) in [4.78, 5) is 29.0. The molecule has 0 heterocycles. The Hall–Kier alpha value is -4.44. The second-order valence-electron chi connectivity index (χ2n) is 17.0. The zero-order chi connectivity index (χ0) is 48.7. The molecule has 3 rings (SSSR count). The van der Waals surface area contributed by atoms with Crippen molar-refractivity contribution in [2.75, 3.05) is 101 Å². The molecule has 2 amide bonds. The van der Waals surface area contributed by atoms with Crippen LogP contribution in [-0.2, 0) is 27.8 Å². The molecule has 0 spiro atoms. The fourth-order valence-corrected chi connectivity index (χ4v) is 5.74. The van der Waals surface area contributed by atoms with E-state index in [0.29, 0.717) is 25.3 Å². The maximum absolute atomic E-state index is 12.0. The smallest absolute Gasteiger partial charge is 0.389 e. The number of nitrogens with zero attached hydrogens (tertiary/aromatic N) is 3. The zero-order valence-electron chi connectivity index (χ0n) is 40.9. The molecule has 3 aromatic rings. The minimum absolute atomic E-state index is 0.00625. The van der Waals surface area contributed by atoms with Gasteiger partial charge in [0, 0.05) is 67.2 Å². The number of halogens is 3. The summed E-state index contributed by atoms with van der Waals surface area (Å²) in [6.07, 6.45) is 1.14. The summed E-state index contributed by atoms with van der Waals surface area (Å²) >= 11 is 5.23. The monoisotopic (exact) mass is 933 g/mol. The van der Waals surface area contributed by atoms with Crippen LogP contribution >= 0.6 is 12.2 Å². The Morgan fingerprint density at radius 3 is 1.48 bits per heavy atom. The number of carbonyl (C=O) groups is 2. The van der Waals surface area contributed by atoms with E-state index in [1.165, 1.54) is 16.0 Å². The molecule has 0 aliphatic heterocycles. The van der Waals surface area contributed by atoms with Crippen molar-refractivity contribution in [1.29, 1.82) is 0 Å². The molecular formula is C50H79F3N6O5S. The first-order chi connectivity index (χ1) is 30.8. The first-order valence-corrected chi connectivity index (χ1v) is 23.1. The molecule has 0 saturated heterocycles. The van der Waals surface area contributed by atoms with Crippen molar-refractivity contribution in [3.05, 3.63) is 89.5 Å². The van der Waals surface area contributed by atoms with Gasteiger partial charge in [0.1, 0.15) is 17.2 Å². The highest BCUT2D eigenvalue weighted by molar-refractivity contribution is 7.80. The maximum Gasteiger partial charge on any atom is 0.389 e. The molecule has 15 heteroatoms. The summed E-state index contributed by atoms with van der Waals surface area (Å²) in [5.41, 5.74) is 3.45. The number of likely N-dealkylation sites (N-methyl/N-ethyl adjacent to an activating group) is 3. The van der Waals surface area contributed by atoms with Crippen LogP contribution in [0, 0.1) is 0 Å². The van der Waals surface area contributed by atoms with Gasteiger partial charge in [0.2, 0.25) is 11.8 Å². The number of ether oxygens (including phenoxy) is 3. The number of alkyl halides is 3. The van der Waals surface area contributed by atoms with E-state index in [1.54, 1.807) is 45.2 Å². The van der Waals surface area contributed by atoms with E-state index in [9.17, 15) is 22.8 Å². The summed E-state index contributed by atoms with van der Waals surface area (Å²) in [6, 6.07) is 23.8. The lowest BCUT2D eigenvalue weighted by molar-refractivity contribution is -0.136. The summed E-state index contributed by atoms with van der Waals surface area (Å²) in [6.45, 7) is 14.0. The number of carbonyl (C=O) groups excluding carboxylic acids is 2. The first-order valence-electron chi connectivity index (χ1n) is 22.7. The topological polar surface area (TPSA) is 108 Å². The van der Waals surface area contributed by atoms with Crippen LogP contribution in [-0.4, -0.2) is 139 Å². The van der Waals surface area contributed by atoms with Crippen molar-refractivity contribution < 1.29 is 37.0 Å². The zero-order valence-corrected chi connectivity index (χ0v) is 41.7. The molecule has 0 fully saturated rings. The molecule has 0 unspecified atom stereocenters. The van der Waals surface area contributed by atoms with E-state index in [2.05, 4.69) is 74.0 Å². The summed E-state index contributed by atoms with van der Waals surface area (Å²) in [5, 5.41) is 9.65. The average Bonchev–Trinajstić information content (AvgIpc) is 3.26. The Balaban J connectivity index is 0.000000489. The third kappa shape index (κ3) is 29.0. The fraction of sp³-hybridized carbons (Fsp3) is 0.580. The minimum Gasteiger partial charge on any atom is -0.494 e. The molecule has 0 aliphatic rings. The highest BCUT2D eigenvalue weighted by Gasteiger charge is 2.26. The lowest BCUT2D eigenvalue weighted by atomic mass is 9.84. The average molecular weight is 933 g/mol. The second kappa shape index (κ2) is 33.1. The number of amides is 2. The number of thiocarbonyl (C=S) groups is 1. The van der Waals surface area contributed by atoms with E-state index in [-0.39, 0.29) is 36.8 Å². The van der Waals surface area contributed by atoms with Crippen molar-refractivity contribution in [3.8, 4) is 17.2 Å². The van der Waals surface area contributed by atoms with Crippen molar-refractivity contribution in [3.63, 3.8) is 0 Å². The first kappa shape index (κ1) is 58.6. The van der Waals surface area contributed by atoms with E-state index < -0.39 is 12.6 Å². The SMILES string of the molecule is CCCCOc1cccc(C(C)(C)CNCC(=O)N(C)C)c1.CCCCOc1cccc(CCNCC(=S)N(C)C)c1.CN(C)C(=O)CNCCc1cccc(OCCCC(F)(F)F)c1. The molecule has 11 nitrogen and oxygen atoms in total.